The Morgan fingerprint density at radius 3 is 1.81 bits per heavy atom. The molecule has 0 fully saturated rings. The van der Waals surface area contributed by atoms with Crippen molar-refractivity contribution in [3.8, 4) is 17.1 Å². The van der Waals surface area contributed by atoms with Crippen LogP contribution in [0.15, 0.2) is 127 Å². The third-order valence-electron chi connectivity index (χ3n) is 6.78. The number of nitrogens with zero attached hydrogens (tertiary/aromatic N) is 3. The predicted molar refractivity (Wildman–Crippen MR) is 151 cm³/mol. The Balaban J connectivity index is 1.29. The van der Waals surface area contributed by atoms with Gasteiger partial charge in [-0.3, -0.25) is 4.57 Å². The summed E-state index contributed by atoms with van der Waals surface area (Å²) < 4.78 is 4.51. The highest BCUT2D eigenvalue weighted by Gasteiger charge is 2.14. The lowest BCUT2D eigenvalue weighted by Crippen LogP contribution is -1.97. The van der Waals surface area contributed by atoms with Crippen LogP contribution < -0.4 is 0 Å². The molecule has 0 aliphatic rings. The molecule has 2 aromatic heterocycles. The fourth-order valence-electron chi connectivity index (χ4n) is 5.08. The van der Waals surface area contributed by atoms with Crippen LogP contribution in [0.3, 0.4) is 0 Å². The van der Waals surface area contributed by atoms with Gasteiger partial charge in [0, 0.05) is 28.2 Å². The van der Waals surface area contributed by atoms with Gasteiger partial charge in [0.25, 0.3) is 0 Å². The Morgan fingerprint density at radius 1 is 0.528 bits per heavy atom. The van der Waals surface area contributed by atoms with Gasteiger partial charge in [-0.05, 0) is 48.0 Å². The highest BCUT2D eigenvalue weighted by molar-refractivity contribution is 6.09. The Bertz CT molecular complexity index is 1820. The molecule has 7 aromatic rings. The average Bonchev–Trinajstić information content (AvgIpc) is 3.49. The van der Waals surface area contributed by atoms with Gasteiger partial charge in [0.1, 0.15) is 5.82 Å². The van der Waals surface area contributed by atoms with E-state index in [9.17, 15) is 0 Å². The zero-order valence-corrected chi connectivity index (χ0v) is 19.6. The Kier molecular flexibility index (Phi) is 4.78. The quantitative estimate of drug-likeness (QED) is 0.258. The SMILES string of the molecule is C(=C\n1c2ccccc2c2ccccc21)/c1ccc(-c2nc3ccccc3n2-c2ccccc2)cc1. The first-order valence-electron chi connectivity index (χ1n) is 12.2. The summed E-state index contributed by atoms with van der Waals surface area (Å²) in [6, 6.07) is 44.5. The molecule has 0 aliphatic heterocycles. The fourth-order valence-corrected chi connectivity index (χ4v) is 5.08. The Labute approximate surface area is 209 Å². The van der Waals surface area contributed by atoms with E-state index >= 15 is 0 Å². The second-order valence-corrected chi connectivity index (χ2v) is 8.94. The smallest absolute Gasteiger partial charge is 0.145 e. The number of hydrogen-bond acceptors (Lipinski definition) is 1. The van der Waals surface area contributed by atoms with E-state index in [4.69, 9.17) is 4.98 Å². The van der Waals surface area contributed by atoms with Crippen molar-refractivity contribution in [1.82, 2.24) is 14.1 Å². The van der Waals surface area contributed by atoms with Crippen molar-refractivity contribution in [2.45, 2.75) is 0 Å². The van der Waals surface area contributed by atoms with Gasteiger partial charge in [0.2, 0.25) is 0 Å². The molecule has 36 heavy (non-hydrogen) atoms. The van der Waals surface area contributed by atoms with E-state index < -0.39 is 0 Å². The Morgan fingerprint density at radius 2 is 1.11 bits per heavy atom. The van der Waals surface area contributed by atoms with Crippen molar-refractivity contribution in [2.75, 3.05) is 0 Å². The molecule has 7 rings (SSSR count). The van der Waals surface area contributed by atoms with Gasteiger partial charge in [-0.2, -0.15) is 0 Å². The zero-order valence-electron chi connectivity index (χ0n) is 19.6. The molecule has 3 nitrogen and oxygen atoms in total. The van der Waals surface area contributed by atoms with Crippen molar-refractivity contribution >= 4 is 45.1 Å². The second kappa shape index (κ2) is 8.40. The number of rotatable bonds is 4. The van der Waals surface area contributed by atoms with E-state index in [1.54, 1.807) is 0 Å². The van der Waals surface area contributed by atoms with Gasteiger partial charge in [-0.25, -0.2) is 4.98 Å². The number of aromatic nitrogens is 3. The largest absolute Gasteiger partial charge is 0.316 e. The molecular weight excluding hydrogens is 438 g/mol. The van der Waals surface area contributed by atoms with Crippen LogP contribution in [0.5, 0.6) is 0 Å². The molecule has 5 aromatic carbocycles. The fraction of sp³-hybridized carbons (Fsp3) is 0. The minimum Gasteiger partial charge on any atom is -0.316 e. The summed E-state index contributed by atoms with van der Waals surface area (Å²) in [5, 5.41) is 2.54. The molecule has 0 radical (unpaired) electrons. The third-order valence-corrected chi connectivity index (χ3v) is 6.78. The van der Waals surface area contributed by atoms with Crippen LogP contribution in [-0.4, -0.2) is 14.1 Å². The van der Waals surface area contributed by atoms with Crippen LogP contribution in [0, 0.1) is 0 Å². The van der Waals surface area contributed by atoms with Gasteiger partial charge < -0.3 is 4.57 Å². The van der Waals surface area contributed by atoms with Gasteiger partial charge in [-0.1, -0.05) is 91.0 Å². The molecule has 0 unspecified atom stereocenters. The third kappa shape index (κ3) is 3.33. The van der Waals surface area contributed by atoms with Gasteiger partial charge >= 0.3 is 0 Å². The number of hydrogen-bond donors (Lipinski definition) is 0. The van der Waals surface area contributed by atoms with E-state index in [0.717, 1.165) is 33.7 Å². The molecule has 3 heteroatoms. The van der Waals surface area contributed by atoms with Crippen LogP contribution in [0.2, 0.25) is 0 Å². The lowest BCUT2D eigenvalue weighted by molar-refractivity contribution is 1.10. The standard InChI is InChI=1S/C33H23N3/c1-2-10-26(11-3-1)36-32-17-9-6-14-29(32)34-33(36)25-20-18-24(19-21-25)22-23-35-30-15-7-4-12-27(30)28-13-5-8-16-31(28)35/h1-23H/b23-22+. The van der Waals surface area contributed by atoms with Crippen molar-refractivity contribution in [3.63, 3.8) is 0 Å². The topological polar surface area (TPSA) is 22.8 Å². The molecule has 2 heterocycles. The van der Waals surface area contributed by atoms with E-state index in [2.05, 4.69) is 137 Å². The molecule has 0 spiro atoms. The summed E-state index contributed by atoms with van der Waals surface area (Å²) in [4.78, 5) is 4.98. The van der Waals surface area contributed by atoms with Crippen molar-refractivity contribution in [3.05, 3.63) is 133 Å². The lowest BCUT2D eigenvalue weighted by atomic mass is 10.1. The monoisotopic (exact) mass is 461 g/mol. The molecule has 0 bridgehead atoms. The molecule has 0 saturated heterocycles. The maximum atomic E-state index is 4.98. The number of benzene rings is 5. The molecule has 0 atom stereocenters. The van der Waals surface area contributed by atoms with Crippen molar-refractivity contribution < 1.29 is 0 Å². The van der Waals surface area contributed by atoms with Crippen LogP contribution in [0.4, 0.5) is 0 Å². The summed E-state index contributed by atoms with van der Waals surface area (Å²) in [7, 11) is 0. The maximum Gasteiger partial charge on any atom is 0.145 e. The highest BCUT2D eigenvalue weighted by Crippen LogP contribution is 2.31. The summed E-state index contributed by atoms with van der Waals surface area (Å²) >= 11 is 0. The highest BCUT2D eigenvalue weighted by atomic mass is 15.1. The number of fused-ring (bicyclic) bond motifs is 4. The average molecular weight is 462 g/mol. The number of para-hydroxylation sites is 5. The normalized spacial score (nSPS) is 11.8. The molecular formula is C33H23N3. The lowest BCUT2D eigenvalue weighted by Gasteiger charge is -2.09. The van der Waals surface area contributed by atoms with Crippen LogP contribution in [0.1, 0.15) is 5.56 Å². The van der Waals surface area contributed by atoms with Crippen molar-refractivity contribution in [1.29, 1.82) is 0 Å². The minimum absolute atomic E-state index is 0.945. The summed E-state index contributed by atoms with van der Waals surface area (Å²) in [5.41, 5.74) is 7.86. The maximum absolute atomic E-state index is 4.98. The molecule has 170 valence electrons. The first-order valence-corrected chi connectivity index (χ1v) is 12.2. The molecule has 0 N–H and O–H groups in total. The zero-order chi connectivity index (χ0) is 23.9. The molecule has 0 amide bonds. The minimum atomic E-state index is 0.945. The van der Waals surface area contributed by atoms with E-state index in [-0.39, 0.29) is 0 Å². The summed E-state index contributed by atoms with van der Waals surface area (Å²) in [6.45, 7) is 0. The van der Waals surface area contributed by atoms with Crippen LogP contribution in [-0.2, 0) is 0 Å². The predicted octanol–water partition coefficient (Wildman–Crippen LogP) is 8.43. The first kappa shape index (κ1) is 20.5. The van der Waals surface area contributed by atoms with E-state index in [1.807, 2.05) is 12.1 Å². The van der Waals surface area contributed by atoms with Crippen molar-refractivity contribution in [2.24, 2.45) is 0 Å². The van der Waals surface area contributed by atoms with Gasteiger partial charge in [-0.15, -0.1) is 0 Å². The second-order valence-electron chi connectivity index (χ2n) is 8.94. The summed E-state index contributed by atoms with van der Waals surface area (Å²) in [6.07, 6.45) is 4.34. The molecule has 0 aliphatic carbocycles. The van der Waals surface area contributed by atoms with Gasteiger partial charge in [0.05, 0.1) is 22.1 Å². The van der Waals surface area contributed by atoms with Gasteiger partial charge in [0.15, 0.2) is 0 Å². The number of imidazole rings is 1. The van der Waals surface area contributed by atoms with Crippen LogP contribution in [0.25, 0.3) is 62.2 Å². The van der Waals surface area contributed by atoms with E-state index in [1.165, 1.54) is 21.8 Å². The Hall–Kier alpha value is -4.89. The van der Waals surface area contributed by atoms with E-state index in [0.29, 0.717) is 0 Å². The summed E-state index contributed by atoms with van der Waals surface area (Å²) in [5.74, 6) is 0.945. The molecule has 0 saturated carbocycles. The van der Waals surface area contributed by atoms with Crippen LogP contribution >= 0.6 is 0 Å². The first-order chi connectivity index (χ1) is 17.9.